The normalized spacial score (nSPS) is 9.81. The number of amides is 1. The van der Waals surface area contributed by atoms with Crippen LogP contribution in [0.1, 0.15) is 23.7 Å². The Morgan fingerprint density at radius 1 is 1.48 bits per heavy atom. The maximum absolute atomic E-state index is 11.5. The van der Waals surface area contributed by atoms with E-state index in [-0.39, 0.29) is 23.7 Å². The number of hydrogen-bond donors (Lipinski definition) is 1. The van der Waals surface area contributed by atoms with Crippen LogP contribution in [-0.2, 0) is 4.79 Å². The Hall–Kier alpha value is -2.64. The molecule has 0 aliphatic rings. The minimum absolute atomic E-state index is 0.0228. The van der Waals surface area contributed by atoms with E-state index in [1.807, 2.05) is 6.92 Å². The van der Waals surface area contributed by atoms with Crippen LogP contribution in [0, 0.1) is 10.1 Å². The number of methoxy groups -OCH3 is 1. The molecule has 1 amide bonds. The fourth-order valence-electron chi connectivity index (χ4n) is 1.56. The summed E-state index contributed by atoms with van der Waals surface area (Å²) in [5.74, 6) is -0.554. The van der Waals surface area contributed by atoms with E-state index in [0.717, 1.165) is 12.5 Å². The smallest absolute Gasteiger partial charge is 0.315 e. The van der Waals surface area contributed by atoms with Gasteiger partial charge in [0.1, 0.15) is 6.29 Å². The fourth-order valence-corrected chi connectivity index (χ4v) is 1.56. The third-order valence-corrected chi connectivity index (χ3v) is 2.53. The van der Waals surface area contributed by atoms with Crippen LogP contribution in [0.3, 0.4) is 0 Å². The van der Waals surface area contributed by atoms with Gasteiger partial charge in [0.05, 0.1) is 12.0 Å². The van der Waals surface area contributed by atoms with Crippen molar-refractivity contribution >= 4 is 17.9 Å². The van der Waals surface area contributed by atoms with E-state index in [0.29, 0.717) is 12.8 Å². The van der Waals surface area contributed by atoms with Gasteiger partial charge < -0.3 is 14.8 Å². The Balaban J connectivity index is 3.00. The maximum Gasteiger partial charge on any atom is 0.315 e. The standard InChI is InChI=1S/C13H16N2O6/c1-3-4-14-12(17)8-21-13-10(15(18)19)5-9(7-16)6-11(13)20-2/h5-7H,3-4,8H2,1-2H3,(H,14,17). The third kappa shape index (κ3) is 4.44. The minimum atomic E-state index is -0.700. The summed E-state index contributed by atoms with van der Waals surface area (Å²) in [6, 6.07) is 2.37. The second-order valence-electron chi connectivity index (χ2n) is 4.09. The van der Waals surface area contributed by atoms with E-state index < -0.39 is 16.5 Å². The molecule has 8 nitrogen and oxygen atoms in total. The quantitative estimate of drug-likeness (QED) is 0.440. The van der Waals surface area contributed by atoms with Gasteiger partial charge in [0.15, 0.2) is 12.4 Å². The highest BCUT2D eigenvalue weighted by Crippen LogP contribution is 2.37. The second-order valence-corrected chi connectivity index (χ2v) is 4.09. The Kier molecular flexibility index (Phi) is 6.12. The molecule has 1 N–H and O–H groups in total. The van der Waals surface area contributed by atoms with Crippen molar-refractivity contribution in [2.24, 2.45) is 0 Å². The molecule has 0 unspecified atom stereocenters. The summed E-state index contributed by atoms with van der Waals surface area (Å²) in [6.45, 7) is 2.01. The lowest BCUT2D eigenvalue weighted by atomic mass is 10.2. The van der Waals surface area contributed by atoms with Crippen molar-refractivity contribution in [3.05, 3.63) is 27.8 Å². The number of nitrogens with one attached hydrogen (secondary N) is 1. The number of nitrogens with zero attached hydrogens (tertiary/aromatic N) is 1. The number of nitro benzene ring substituents is 1. The number of ether oxygens (including phenoxy) is 2. The van der Waals surface area contributed by atoms with E-state index in [9.17, 15) is 19.7 Å². The van der Waals surface area contributed by atoms with Crippen LogP contribution in [0.15, 0.2) is 12.1 Å². The number of aldehydes is 1. The van der Waals surface area contributed by atoms with Crippen LogP contribution in [0.4, 0.5) is 5.69 Å². The minimum Gasteiger partial charge on any atom is -0.493 e. The molecule has 114 valence electrons. The van der Waals surface area contributed by atoms with Crippen LogP contribution in [0.25, 0.3) is 0 Å². The van der Waals surface area contributed by atoms with Crippen molar-refractivity contribution in [2.45, 2.75) is 13.3 Å². The molecule has 21 heavy (non-hydrogen) atoms. The van der Waals surface area contributed by atoms with E-state index >= 15 is 0 Å². The van der Waals surface area contributed by atoms with Crippen LogP contribution < -0.4 is 14.8 Å². The SMILES string of the molecule is CCCNC(=O)COc1c(OC)cc(C=O)cc1[N+](=O)[O-]. The van der Waals surface area contributed by atoms with Crippen molar-refractivity contribution < 1.29 is 24.0 Å². The lowest BCUT2D eigenvalue weighted by Crippen LogP contribution is -2.29. The molecule has 0 aromatic heterocycles. The average molecular weight is 296 g/mol. The summed E-state index contributed by atoms with van der Waals surface area (Å²) in [5, 5.41) is 13.6. The summed E-state index contributed by atoms with van der Waals surface area (Å²) in [6.07, 6.45) is 1.23. The molecule has 0 spiro atoms. The third-order valence-electron chi connectivity index (χ3n) is 2.53. The van der Waals surface area contributed by atoms with Crippen LogP contribution in [0.5, 0.6) is 11.5 Å². The lowest BCUT2D eigenvalue weighted by molar-refractivity contribution is -0.385. The summed E-state index contributed by atoms with van der Waals surface area (Å²) < 4.78 is 10.2. The first-order valence-corrected chi connectivity index (χ1v) is 6.24. The lowest BCUT2D eigenvalue weighted by Gasteiger charge is -2.11. The molecule has 0 atom stereocenters. The highest BCUT2D eigenvalue weighted by molar-refractivity contribution is 5.80. The maximum atomic E-state index is 11.5. The molecule has 0 fully saturated rings. The van der Waals surface area contributed by atoms with Gasteiger partial charge in [-0.25, -0.2) is 0 Å². The molecule has 8 heteroatoms. The Labute approximate surface area is 121 Å². The number of carbonyl (C=O) groups excluding carboxylic acids is 2. The summed E-state index contributed by atoms with van der Waals surface area (Å²) in [4.78, 5) is 32.6. The molecule has 0 saturated carbocycles. The molecule has 1 rings (SSSR count). The first-order valence-electron chi connectivity index (χ1n) is 6.24. The Bertz CT molecular complexity index is 544. The van der Waals surface area contributed by atoms with Gasteiger partial charge >= 0.3 is 5.69 Å². The van der Waals surface area contributed by atoms with Crippen LogP contribution in [0.2, 0.25) is 0 Å². The van der Waals surface area contributed by atoms with Gasteiger partial charge in [-0.1, -0.05) is 6.92 Å². The molecular formula is C13H16N2O6. The number of benzene rings is 1. The van der Waals surface area contributed by atoms with Gasteiger partial charge in [-0.2, -0.15) is 0 Å². The molecule has 0 bridgehead atoms. The van der Waals surface area contributed by atoms with Gasteiger partial charge in [-0.15, -0.1) is 0 Å². The van der Waals surface area contributed by atoms with Crippen molar-refractivity contribution in [3.63, 3.8) is 0 Å². The van der Waals surface area contributed by atoms with E-state index in [2.05, 4.69) is 5.32 Å². The molecular weight excluding hydrogens is 280 g/mol. The van der Waals surface area contributed by atoms with Gasteiger partial charge in [-0.05, 0) is 12.5 Å². The highest BCUT2D eigenvalue weighted by atomic mass is 16.6. The zero-order valence-electron chi connectivity index (χ0n) is 11.8. The fraction of sp³-hybridized carbons (Fsp3) is 0.385. The summed E-state index contributed by atoms with van der Waals surface area (Å²) in [7, 11) is 1.29. The second kappa shape index (κ2) is 7.83. The Morgan fingerprint density at radius 3 is 2.71 bits per heavy atom. The van der Waals surface area contributed by atoms with Crippen LogP contribution >= 0.6 is 0 Å². The number of rotatable bonds is 8. The molecule has 1 aromatic rings. The molecule has 0 saturated heterocycles. The zero-order chi connectivity index (χ0) is 15.8. The molecule has 0 aliphatic heterocycles. The van der Waals surface area contributed by atoms with Gasteiger partial charge in [0.2, 0.25) is 5.75 Å². The van der Waals surface area contributed by atoms with Gasteiger partial charge in [-0.3, -0.25) is 19.7 Å². The predicted octanol–water partition coefficient (Wildman–Crippen LogP) is 1.32. The summed E-state index contributed by atoms with van der Waals surface area (Å²) >= 11 is 0. The molecule has 0 heterocycles. The van der Waals surface area contributed by atoms with Crippen molar-refractivity contribution in [1.82, 2.24) is 5.32 Å². The molecule has 1 aromatic carbocycles. The van der Waals surface area contributed by atoms with Gasteiger partial charge in [0.25, 0.3) is 5.91 Å². The molecule has 0 radical (unpaired) electrons. The predicted molar refractivity (Wildman–Crippen MR) is 73.8 cm³/mol. The van der Waals surface area contributed by atoms with Crippen molar-refractivity contribution in [1.29, 1.82) is 0 Å². The first-order chi connectivity index (χ1) is 10.0. The van der Waals surface area contributed by atoms with E-state index in [1.165, 1.54) is 13.2 Å². The zero-order valence-corrected chi connectivity index (χ0v) is 11.8. The monoisotopic (exact) mass is 296 g/mol. The van der Waals surface area contributed by atoms with Gasteiger partial charge in [0, 0.05) is 18.2 Å². The Morgan fingerprint density at radius 2 is 2.19 bits per heavy atom. The first kappa shape index (κ1) is 16.4. The number of hydrogen-bond acceptors (Lipinski definition) is 6. The van der Waals surface area contributed by atoms with Crippen molar-refractivity contribution in [3.8, 4) is 11.5 Å². The number of carbonyl (C=O) groups is 2. The highest BCUT2D eigenvalue weighted by Gasteiger charge is 2.23. The summed E-state index contributed by atoms with van der Waals surface area (Å²) in [5.41, 5.74) is -0.346. The van der Waals surface area contributed by atoms with E-state index in [1.54, 1.807) is 0 Å². The van der Waals surface area contributed by atoms with E-state index in [4.69, 9.17) is 9.47 Å². The average Bonchev–Trinajstić information content (AvgIpc) is 2.49. The largest absolute Gasteiger partial charge is 0.493 e. The van der Waals surface area contributed by atoms with Crippen LogP contribution in [-0.4, -0.2) is 37.4 Å². The number of nitro groups is 1. The van der Waals surface area contributed by atoms with Crippen molar-refractivity contribution in [2.75, 3.05) is 20.3 Å². The molecule has 0 aliphatic carbocycles. The topological polar surface area (TPSA) is 108 Å².